The van der Waals surface area contributed by atoms with Crippen LogP contribution in [0.4, 0.5) is 4.39 Å². The lowest BCUT2D eigenvalue weighted by molar-refractivity contribution is -0.195. The smallest absolute Gasteiger partial charge is 0.328 e. The van der Waals surface area contributed by atoms with Gasteiger partial charge in [0.1, 0.15) is 11.6 Å². The molecule has 9 nitrogen and oxygen atoms in total. The average molecular weight is 472 g/mol. The highest BCUT2D eigenvalue weighted by atomic mass is 19.1. The van der Waals surface area contributed by atoms with Crippen molar-refractivity contribution in [3.63, 3.8) is 0 Å². The van der Waals surface area contributed by atoms with Gasteiger partial charge in [-0.15, -0.1) is 5.06 Å². The Morgan fingerprint density at radius 3 is 2.68 bits per heavy atom. The standard InChI is InChI=1S/C24H25FN2O7/c1-15(28)32-18-4-6-20(22(14-18)30-2)31-12-9-23(29)34-27-10-7-16(8-11-27)24-19-5-3-17(25)13-21(19)33-26-24/h3-6,13-14,16H,7-12H2,1-2H3. The van der Waals surface area contributed by atoms with Crippen molar-refractivity contribution in [2.45, 2.75) is 32.1 Å². The molecular formula is C24H25FN2O7. The maximum Gasteiger partial charge on any atom is 0.328 e. The summed E-state index contributed by atoms with van der Waals surface area (Å²) in [4.78, 5) is 28.8. The second-order valence-corrected chi connectivity index (χ2v) is 7.88. The van der Waals surface area contributed by atoms with Crippen LogP contribution in [-0.4, -0.2) is 49.0 Å². The topological polar surface area (TPSA) is 100 Å². The Hall–Kier alpha value is -3.66. The molecule has 4 rings (SSSR count). The normalized spacial score (nSPS) is 14.7. The van der Waals surface area contributed by atoms with Crippen LogP contribution in [0, 0.1) is 5.82 Å². The number of piperidine rings is 1. The Bertz CT molecular complexity index is 1170. The number of hydrogen-bond acceptors (Lipinski definition) is 9. The predicted octanol–water partition coefficient (Wildman–Crippen LogP) is 4.01. The first-order chi connectivity index (χ1) is 16.4. The van der Waals surface area contributed by atoms with Crippen molar-refractivity contribution >= 4 is 22.9 Å². The van der Waals surface area contributed by atoms with E-state index in [2.05, 4.69) is 5.16 Å². The van der Waals surface area contributed by atoms with Gasteiger partial charge in [-0.05, 0) is 37.1 Å². The fourth-order valence-electron chi connectivity index (χ4n) is 3.88. The van der Waals surface area contributed by atoms with E-state index >= 15 is 0 Å². The number of hydrogen-bond donors (Lipinski definition) is 0. The van der Waals surface area contributed by atoms with Gasteiger partial charge in [-0.1, -0.05) is 5.16 Å². The number of fused-ring (bicyclic) bond motifs is 1. The van der Waals surface area contributed by atoms with Gasteiger partial charge in [0.15, 0.2) is 17.1 Å². The lowest BCUT2D eigenvalue weighted by atomic mass is 9.92. The van der Waals surface area contributed by atoms with Gasteiger partial charge in [0.25, 0.3) is 0 Å². The van der Waals surface area contributed by atoms with Gasteiger partial charge < -0.3 is 23.6 Å². The number of aromatic nitrogens is 1. The second-order valence-electron chi connectivity index (χ2n) is 7.88. The molecule has 0 atom stereocenters. The van der Waals surface area contributed by atoms with Crippen molar-refractivity contribution in [2.75, 3.05) is 26.8 Å². The molecule has 0 unspecified atom stereocenters. The van der Waals surface area contributed by atoms with Crippen molar-refractivity contribution in [1.29, 1.82) is 0 Å². The van der Waals surface area contributed by atoms with Crippen LogP contribution in [0.5, 0.6) is 17.2 Å². The van der Waals surface area contributed by atoms with E-state index in [-0.39, 0.29) is 24.8 Å². The van der Waals surface area contributed by atoms with Gasteiger partial charge >= 0.3 is 11.9 Å². The number of methoxy groups -OCH3 is 1. The summed E-state index contributed by atoms with van der Waals surface area (Å²) >= 11 is 0. The van der Waals surface area contributed by atoms with Gasteiger partial charge in [-0.3, -0.25) is 9.59 Å². The van der Waals surface area contributed by atoms with Gasteiger partial charge in [0.05, 0.1) is 25.8 Å². The Balaban J connectivity index is 1.23. The molecule has 1 aliphatic heterocycles. The lowest BCUT2D eigenvalue weighted by Gasteiger charge is -2.29. The Morgan fingerprint density at radius 2 is 1.94 bits per heavy atom. The summed E-state index contributed by atoms with van der Waals surface area (Å²) in [7, 11) is 1.47. The van der Waals surface area contributed by atoms with Crippen LogP contribution in [0.25, 0.3) is 11.0 Å². The third-order valence-corrected chi connectivity index (χ3v) is 5.49. The maximum atomic E-state index is 13.4. The molecule has 34 heavy (non-hydrogen) atoms. The Labute approximate surface area is 195 Å². The van der Waals surface area contributed by atoms with Crippen molar-refractivity contribution in [3.05, 3.63) is 47.9 Å². The molecule has 2 heterocycles. The monoisotopic (exact) mass is 472 g/mol. The zero-order valence-electron chi connectivity index (χ0n) is 18.9. The minimum Gasteiger partial charge on any atom is -0.493 e. The van der Waals surface area contributed by atoms with E-state index in [0.717, 1.165) is 23.9 Å². The van der Waals surface area contributed by atoms with E-state index in [1.807, 2.05) is 0 Å². The van der Waals surface area contributed by atoms with Crippen LogP contribution in [0.3, 0.4) is 0 Å². The van der Waals surface area contributed by atoms with Crippen LogP contribution >= 0.6 is 0 Å². The summed E-state index contributed by atoms with van der Waals surface area (Å²) in [6.07, 6.45) is 1.51. The number of benzene rings is 2. The summed E-state index contributed by atoms with van der Waals surface area (Å²) in [6, 6.07) is 9.13. The van der Waals surface area contributed by atoms with Crippen molar-refractivity contribution in [2.24, 2.45) is 0 Å². The second kappa shape index (κ2) is 10.5. The zero-order chi connectivity index (χ0) is 24.1. The predicted molar refractivity (Wildman–Crippen MR) is 118 cm³/mol. The van der Waals surface area contributed by atoms with E-state index < -0.39 is 11.9 Å². The molecule has 2 aromatic carbocycles. The van der Waals surface area contributed by atoms with Crippen molar-refractivity contribution in [3.8, 4) is 17.2 Å². The lowest BCUT2D eigenvalue weighted by Crippen LogP contribution is -2.35. The molecule has 0 N–H and O–H groups in total. The third kappa shape index (κ3) is 5.63. The molecule has 1 aliphatic rings. The number of nitrogens with zero attached hydrogens (tertiary/aromatic N) is 2. The molecule has 0 saturated carbocycles. The van der Waals surface area contributed by atoms with Crippen LogP contribution in [0.2, 0.25) is 0 Å². The van der Waals surface area contributed by atoms with Gasteiger partial charge in [-0.2, -0.15) is 0 Å². The average Bonchev–Trinajstić information content (AvgIpc) is 3.23. The molecule has 10 heteroatoms. The first-order valence-electron chi connectivity index (χ1n) is 10.9. The number of carbonyl (C=O) groups is 2. The van der Waals surface area contributed by atoms with E-state index in [0.29, 0.717) is 35.9 Å². The minimum absolute atomic E-state index is 0.0499. The van der Waals surface area contributed by atoms with Crippen LogP contribution in [0.1, 0.15) is 37.8 Å². The summed E-state index contributed by atoms with van der Waals surface area (Å²) < 4.78 is 34.5. The number of rotatable bonds is 8. The summed E-state index contributed by atoms with van der Waals surface area (Å²) in [5, 5.41) is 6.57. The first-order valence-corrected chi connectivity index (χ1v) is 10.9. The molecular weight excluding hydrogens is 447 g/mol. The fraction of sp³-hybridized carbons (Fsp3) is 0.375. The molecule has 3 aromatic rings. The van der Waals surface area contributed by atoms with Crippen molar-refractivity contribution < 1.29 is 37.6 Å². The van der Waals surface area contributed by atoms with Gasteiger partial charge in [0, 0.05) is 43.5 Å². The molecule has 0 aliphatic carbocycles. The van der Waals surface area contributed by atoms with Gasteiger partial charge in [0.2, 0.25) is 0 Å². The number of esters is 1. The highest BCUT2D eigenvalue weighted by Gasteiger charge is 2.27. The van der Waals surface area contributed by atoms with E-state index in [1.54, 1.807) is 23.3 Å². The molecule has 0 radical (unpaired) electrons. The van der Waals surface area contributed by atoms with Crippen LogP contribution in [0.15, 0.2) is 40.9 Å². The van der Waals surface area contributed by atoms with E-state index in [9.17, 15) is 14.0 Å². The summed E-state index contributed by atoms with van der Waals surface area (Å²) in [5.41, 5.74) is 1.24. The molecule has 1 saturated heterocycles. The largest absolute Gasteiger partial charge is 0.493 e. The Morgan fingerprint density at radius 1 is 1.15 bits per heavy atom. The SMILES string of the molecule is COc1cc(OC(C)=O)ccc1OCCC(=O)ON1CCC(c2noc3cc(F)ccc23)CC1. The highest BCUT2D eigenvalue weighted by molar-refractivity contribution is 5.80. The highest BCUT2D eigenvalue weighted by Crippen LogP contribution is 2.33. The number of carbonyl (C=O) groups excluding carboxylic acids is 2. The molecule has 0 spiro atoms. The minimum atomic E-state index is -0.438. The molecule has 0 amide bonds. The Kier molecular flexibility index (Phi) is 7.27. The van der Waals surface area contributed by atoms with Crippen LogP contribution in [-0.2, 0) is 14.4 Å². The summed E-state index contributed by atoms with van der Waals surface area (Å²) in [5.74, 6) is 0.0868. The first kappa shape index (κ1) is 23.5. The van der Waals surface area contributed by atoms with Crippen LogP contribution < -0.4 is 14.2 Å². The van der Waals surface area contributed by atoms with Crippen molar-refractivity contribution in [1.82, 2.24) is 10.2 Å². The third-order valence-electron chi connectivity index (χ3n) is 5.49. The van der Waals surface area contributed by atoms with E-state index in [4.69, 9.17) is 23.6 Å². The molecule has 1 aromatic heterocycles. The zero-order valence-corrected chi connectivity index (χ0v) is 18.9. The molecule has 1 fully saturated rings. The molecule has 180 valence electrons. The fourth-order valence-corrected chi connectivity index (χ4v) is 3.88. The van der Waals surface area contributed by atoms with E-state index in [1.165, 1.54) is 32.2 Å². The summed E-state index contributed by atoms with van der Waals surface area (Å²) in [6.45, 7) is 2.51. The van der Waals surface area contributed by atoms with Gasteiger partial charge in [-0.25, -0.2) is 4.39 Å². The number of halogens is 1. The maximum absolute atomic E-state index is 13.4. The number of hydroxylamine groups is 2. The molecule has 0 bridgehead atoms. The quantitative estimate of drug-likeness (QED) is 0.356. The number of ether oxygens (including phenoxy) is 3.